The molecule has 0 radical (unpaired) electrons. The maximum absolute atomic E-state index is 13.0. The van der Waals surface area contributed by atoms with Gasteiger partial charge >= 0.3 is 18.4 Å². The molecule has 0 spiro atoms. The number of rotatable bonds is 1. The van der Waals surface area contributed by atoms with Gasteiger partial charge in [0, 0.05) is 6.42 Å². The molecule has 9 heteroatoms. The fraction of sp³-hybridized carbons (Fsp3) is 0.417. The molecule has 1 heterocycles. The van der Waals surface area contributed by atoms with Gasteiger partial charge in [0.05, 0.1) is 23.8 Å². The van der Waals surface area contributed by atoms with Gasteiger partial charge in [-0.25, -0.2) is 4.79 Å². The fourth-order valence-corrected chi connectivity index (χ4v) is 2.04. The van der Waals surface area contributed by atoms with Crippen LogP contribution in [0.3, 0.4) is 0 Å². The van der Waals surface area contributed by atoms with Crippen LogP contribution >= 0.6 is 0 Å². The molecule has 1 aliphatic rings. The van der Waals surface area contributed by atoms with Crippen molar-refractivity contribution in [2.24, 2.45) is 0 Å². The molecule has 0 unspecified atom stereocenters. The van der Waals surface area contributed by atoms with Gasteiger partial charge in [-0.05, 0) is 17.7 Å². The molecule has 1 atom stereocenters. The third kappa shape index (κ3) is 3.40. The zero-order valence-electron chi connectivity index (χ0n) is 10.3. The molecule has 1 aromatic rings. The number of nitrogens with one attached hydrogen (secondary N) is 1. The lowest BCUT2D eigenvalue weighted by atomic mass is 9.95. The Morgan fingerprint density at radius 3 is 2.29 bits per heavy atom. The number of hydrogen-bond acceptors (Lipinski definition) is 2. The molecule has 1 N–H and O–H groups in total. The van der Waals surface area contributed by atoms with Crippen LogP contribution in [0.4, 0.5) is 31.1 Å². The van der Waals surface area contributed by atoms with Crippen molar-refractivity contribution >= 4 is 6.09 Å². The van der Waals surface area contributed by atoms with Crippen LogP contribution in [0.1, 0.15) is 29.2 Å². The third-order valence-corrected chi connectivity index (χ3v) is 2.99. The maximum Gasteiger partial charge on any atom is 0.416 e. The van der Waals surface area contributed by atoms with E-state index in [1.54, 1.807) is 0 Å². The number of alkyl halides is 6. The number of hydrogen-bond donors (Lipinski definition) is 1. The summed E-state index contributed by atoms with van der Waals surface area (Å²) in [6, 6.07) is 0.315. The second-order valence-electron chi connectivity index (χ2n) is 4.42. The number of halogens is 6. The normalized spacial score (nSPS) is 19.9. The highest BCUT2D eigenvalue weighted by molar-refractivity contribution is 5.68. The van der Waals surface area contributed by atoms with Gasteiger partial charge in [-0.1, -0.05) is 6.07 Å². The van der Waals surface area contributed by atoms with Crippen molar-refractivity contribution in [3.63, 3.8) is 0 Å². The Balaban J connectivity index is 2.48. The topological polar surface area (TPSA) is 38.3 Å². The molecular formula is C12H9F6NO2. The van der Waals surface area contributed by atoms with E-state index in [1.807, 2.05) is 0 Å². The minimum absolute atomic E-state index is 0.0418. The largest absolute Gasteiger partial charge is 0.449 e. The van der Waals surface area contributed by atoms with Gasteiger partial charge in [-0.3, -0.25) is 0 Å². The molecular weight excluding hydrogens is 304 g/mol. The molecule has 1 saturated heterocycles. The van der Waals surface area contributed by atoms with Gasteiger partial charge in [0.15, 0.2) is 0 Å². The summed E-state index contributed by atoms with van der Waals surface area (Å²) < 4.78 is 81.0. The van der Waals surface area contributed by atoms with Gasteiger partial charge in [-0.2, -0.15) is 26.3 Å². The number of carbonyl (C=O) groups is 1. The first-order chi connectivity index (χ1) is 9.59. The lowest BCUT2D eigenvalue weighted by molar-refractivity contribution is -0.143. The van der Waals surface area contributed by atoms with Crippen molar-refractivity contribution in [1.29, 1.82) is 0 Å². The van der Waals surface area contributed by atoms with Crippen molar-refractivity contribution in [1.82, 2.24) is 5.32 Å². The van der Waals surface area contributed by atoms with Crippen molar-refractivity contribution in [2.75, 3.05) is 6.61 Å². The van der Waals surface area contributed by atoms with Crippen molar-refractivity contribution < 1.29 is 35.9 Å². The Morgan fingerprint density at radius 1 is 1.10 bits per heavy atom. The van der Waals surface area contributed by atoms with Crippen LogP contribution in [-0.2, 0) is 17.1 Å². The Kier molecular flexibility index (Phi) is 3.77. The van der Waals surface area contributed by atoms with Crippen LogP contribution in [0.2, 0.25) is 0 Å². The van der Waals surface area contributed by atoms with Gasteiger partial charge in [0.1, 0.15) is 0 Å². The second kappa shape index (κ2) is 5.12. The molecule has 21 heavy (non-hydrogen) atoms. The SMILES string of the molecule is O=C1N[C@H](c2ccc(C(F)(F)F)cc2C(F)(F)F)CCO1. The predicted octanol–water partition coefficient (Wildman–Crippen LogP) is 3.90. The molecule has 0 aromatic heterocycles. The summed E-state index contributed by atoms with van der Waals surface area (Å²) in [5, 5.41) is 2.16. The standard InChI is InChI=1S/C12H9F6NO2/c13-11(14,15)6-1-2-7(8(5-6)12(16,17)18)9-3-4-21-10(20)19-9/h1-2,5,9H,3-4H2,(H,19,20)/t9-/m0/s1. The highest BCUT2D eigenvalue weighted by Crippen LogP contribution is 2.40. The van der Waals surface area contributed by atoms with Gasteiger partial charge in [0.25, 0.3) is 0 Å². The molecule has 3 nitrogen and oxygen atoms in total. The van der Waals surface area contributed by atoms with Crippen molar-refractivity contribution in [3.8, 4) is 0 Å². The van der Waals surface area contributed by atoms with E-state index in [-0.39, 0.29) is 19.1 Å². The van der Waals surface area contributed by atoms with Crippen LogP contribution in [0, 0.1) is 0 Å². The fourth-order valence-electron chi connectivity index (χ4n) is 2.04. The third-order valence-electron chi connectivity index (χ3n) is 2.99. The summed E-state index contributed by atoms with van der Waals surface area (Å²) in [5.41, 5.74) is -3.21. The highest BCUT2D eigenvalue weighted by atomic mass is 19.4. The Hall–Kier alpha value is -1.93. The number of alkyl carbamates (subject to hydrolysis) is 1. The smallest absolute Gasteiger partial charge is 0.416 e. The first kappa shape index (κ1) is 15.5. The maximum atomic E-state index is 13.0. The van der Waals surface area contributed by atoms with Crippen molar-refractivity contribution in [2.45, 2.75) is 24.8 Å². The number of carbonyl (C=O) groups excluding carboxylic acids is 1. The Morgan fingerprint density at radius 2 is 1.76 bits per heavy atom. The van der Waals surface area contributed by atoms with E-state index in [0.717, 1.165) is 6.07 Å². The van der Waals surface area contributed by atoms with E-state index in [0.29, 0.717) is 6.07 Å². The summed E-state index contributed by atoms with van der Waals surface area (Å²) in [6.07, 6.45) is -10.7. The average molecular weight is 313 g/mol. The van der Waals surface area contributed by atoms with E-state index in [2.05, 4.69) is 10.1 Å². The lowest BCUT2D eigenvalue weighted by Gasteiger charge is -2.26. The Bertz CT molecular complexity index is 552. The van der Waals surface area contributed by atoms with Crippen LogP contribution in [0.15, 0.2) is 18.2 Å². The molecule has 0 bridgehead atoms. The summed E-state index contributed by atoms with van der Waals surface area (Å²) in [4.78, 5) is 11.0. The van der Waals surface area contributed by atoms with Gasteiger partial charge in [0.2, 0.25) is 0 Å². The van der Waals surface area contributed by atoms with Crippen LogP contribution in [0.25, 0.3) is 0 Å². The zero-order chi connectivity index (χ0) is 15.8. The quantitative estimate of drug-likeness (QED) is 0.799. The van der Waals surface area contributed by atoms with Gasteiger partial charge in [-0.15, -0.1) is 0 Å². The molecule has 1 aliphatic heterocycles. The summed E-state index contributed by atoms with van der Waals surface area (Å²) in [6.45, 7) is -0.102. The molecule has 116 valence electrons. The number of cyclic esters (lactones) is 1. The van der Waals surface area contributed by atoms with E-state index >= 15 is 0 Å². The summed E-state index contributed by atoms with van der Waals surface area (Å²) >= 11 is 0. The number of amides is 1. The second-order valence-corrected chi connectivity index (χ2v) is 4.42. The molecule has 0 saturated carbocycles. The number of benzene rings is 1. The Labute approximate surface area is 114 Å². The van der Waals surface area contributed by atoms with E-state index in [4.69, 9.17) is 0 Å². The minimum Gasteiger partial charge on any atom is -0.449 e. The average Bonchev–Trinajstić information content (AvgIpc) is 2.36. The molecule has 1 amide bonds. The highest BCUT2D eigenvalue weighted by Gasteiger charge is 2.40. The zero-order valence-corrected chi connectivity index (χ0v) is 10.3. The minimum atomic E-state index is -4.96. The van der Waals surface area contributed by atoms with Crippen LogP contribution in [0.5, 0.6) is 0 Å². The number of ether oxygens (including phenoxy) is 1. The van der Waals surface area contributed by atoms with Crippen LogP contribution < -0.4 is 5.32 Å². The summed E-state index contributed by atoms with van der Waals surface area (Å²) in [5.74, 6) is 0. The summed E-state index contributed by atoms with van der Waals surface area (Å²) in [7, 11) is 0. The first-order valence-electron chi connectivity index (χ1n) is 5.80. The first-order valence-corrected chi connectivity index (χ1v) is 5.80. The molecule has 1 fully saturated rings. The van der Waals surface area contributed by atoms with E-state index in [9.17, 15) is 31.1 Å². The van der Waals surface area contributed by atoms with Crippen molar-refractivity contribution in [3.05, 3.63) is 34.9 Å². The van der Waals surface area contributed by atoms with Gasteiger partial charge < -0.3 is 10.1 Å². The van der Waals surface area contributed by atoms with E-state index in [1.165, 1.54) is 0 Å². The predicted molar refractivity (Wildman–Crippen MR) is 58.3 cm³/mol. The van der Waals surface area contributed by atoms with Crippen LogP contribution in [-0.4, -0.2) is 12.7 Å². The monoisotopic (exact) mass is 313 g/mol. The lowest BCUT2D eigenvalue weighted by Crippen LogP contribution is -2.36. The van der Waals surface area contributed by atoms with E-state index < -0.39 is 41.2 Å². The molecule has 1 aromatic carbocycles. The molecule has 2 rings (SSSR count). The molecule has 0 aliphatic carbocycles.